The minimum atomic E-state index is -0.238. The molecule has 1 atom stereocenters. The van der Waals surface area contributed by atoms with Crippen LogP contribution in [0.5, 0.6) is 0 Å². The third-order valence-electron chi connectivity index (χ3n) is 4.97. The number of nitrogens with one attached hydrogen (secondary N) is 1. The Morgan fingerprint density at radius 2 is 2.15 bits per heavy atom. The fraction of sp³-hybridized carbons (Fsp3) is 0.300. The molecule has 0 spiro atoms. The van der Waals surface area contributed by atoms with E-state index in [-0.39, 0.29) is 17.5 Å². The highest BCUT2D eigenvalue weighted by Gasteiger charge is 2.34. The van der Waals surface area contributed by atoms with Crippen molar-refractivity contribution in [3.8, 4) is 0 Å². The maximum absolute atomic E-state index is 12.7. The van der Waals surface area contributed by atoms with E-state index in [2.05, 4.69) is 15.1 Å². The second kappa shape index (κ2) is 6.74. The van der Waals surface area contributed by atoms with Gasteiger partial charge in [0.1, 0.15) is 4.83 Å². The van der Waals surface area contributed by atoms with Crippen LogP contribution in [0.15, 0.2) is 39.7 Å². The van der Waals surface area contributed by atoms with Crippen LogP contribution in [0.1, 0.15) is 48.2 Å². The average Bonchev–Trinajstić information content (AvgIpc) is 3.29. The van der Waals surface area contributed by atoms with Crippen molar-refractivity contribution >= 4 is 33.2 Å². The highest BCUT2D eigenvalue weighted by Crippen LogP contribution is 2.34. The molecule has 4 rings (SSSR count). The van der Waals surface area contributed by atoms with Gasteiger partial charge in [-0.1, -0.05) is 13.0 Å². The van der Waals surface area contributed by atoms with Crippen molar-refractivity contribution < 1.29 is 4.79 Å². The van der Waals surface area contributed by atoms with Gasteiger partial charge in [-0.25, -0.2) is 5.01 Å². The van der Waals surface area contributed by atoms with Crippen molar-refractivity contribution in [2.75, 3.05) is 0 Å². The second-order valence-corrected chi connectivity index (χ2v) is 7.63. The molecular weight excluding hydrogens is 360 g/mol. The van der Waals surface area contributed by atoms with Crippen LogP contribution in [0.2, 0.25) is 0 Å². The number of carbonyl (C=O) groups is 1. The monoisotopic (exact) mass is 380 g/mol. The SMILES string of the molecule is CCC(=O)N1N=C(c2c(C)c3ccsc3[nH]c2=O)C[C@H]1c1ccc(C)nc1. The Morgan fingerprint density at radius 3 is 2.85 bits per heavy atom. The second-order valence-electron chi connectivity index (χ2n) is 6.71. The number of fused-ring (bicyclic) bond motifs is 1. The van der Waals surface area contributed by atoms with Crippen molar-refractivity contribution in [3.63, 3.8) is 0 Å². The molecular formula is C20H20N4O2S. The summed E-state index contributed by atoms with van der Waals surface area (Å²) in [6.45, 7) is 5.68. The topological polar surface area (TPSA) is 78.4 Å². The van der Waals surface area contributed by atoms with Gasteiger partial charge in [0.25, 0.3) is 5.56 Å². The molecule has 1 amide bonds. The van der Waals surface area contributed by atoms with Crippen molar-refractivity contribution in [3.05, 3.63) is 62.5 Å². The zero-order valence-electron chi connectivity index (χ0n) is 15.4. The van der Waals surface area contributed by atoms with E-state index < -0.39 is 0 Å². The summed E-state index contributed by atoms with van der Waals surface area (Å²) >= 11 is 1.51. The first-order chi connectivity index (χ1) is 13.0. The third kappa shape index (κ3) is 2.98. The molecule has 0 bridgehead atoms. The van der Waals surface area contributed by atoms with Crippen LogP contribution in [0.25, 0.3) is 10.2 Å². The zero-order valence-corrected chi connectivity index (χ0v) is 16.3. The van der Waals surface area contributed by atoms with Gasteiger partial charge >= 0.3 is 0 Å². The molecule has 0 fully saturated rings. The fourth-order valence-corrected chi connectivity index (χ4v) is 4.35. The number of aromatic amines is 1. The van der Waals surface area contributed by atoms with Gasteiger partial charge in [-0.05, 0) is 42.5 Å². The zero-order chi connectivity index (χ0) is 19.1. The average molecular weight is 380 g/mol. The number of carbonyl (C=O) groups excluding carboxylic acids is 1. The summed E-state index contributed by atoms with van der Waals surface area (Å²) in [5, 5.41) is 9.07. The van der Waals surface area contributed by atoms with E-state index >= 15 is 0 Å². The largest absolute Gasteiger partial charge is 0.313 e. The molecule has 1 aliphatic heterocycles. The number of thiophene rings is 1. The van der Waals surface area contributed by atoms with E-state index in [0.29, 0.717) is 24.1 Å². The molecule has 4 heterocycles. The van der Waals surface area contributed by atoms with E-state index in [9.17, 15) is 9.59 Å². The fourth-order valence-electron chi connectivity index (χ4n) is 3.51. The quantitative estimate of drug-likeness (QED) is 0.753. The minimum Gasteiger partial charge on any atom is -0.313 e. The summed E-state index contributed by atoms with van der Waals surface area (Å²) in [4.78, 5) is 33.4. The highest BCUT2D eigenvalue weighted by atomic mass is 32.1. The Hall–Kier alpha value is -2.80. The Kier molecular flexibility index (Phi) is 4.39. The molecule has 0 saturated heterocycles. The van der Waals surface area contributed by atoms with E-state index in [4.69, 9.17) is 0 Å². The van der Waals surface area contributed by atoms with Crippen LogP contribution >= 0.6 is 11.3 Å². The molecule has 3 aromatic rings. The molecule has 3 aromatic heterocycles. The number of H-pyrrole nitrogens is 1. The molecule has 6 nitrogen and oxygen atoms in total. The number of aryl methyl sites for hydroxylation is 2. The molecule has 138 valence electrons. The van der Waals surface area contributed by atoms with Gasteiger partial charge in [0.2, 0.25) is 5.91 Å². The van der Waals surface area contributed by atoms with Crippen molar-refractivity contribution in [1.82, 2.24) is 15.0 Å². The van der Waals surface area contributed by atoms with Crippen LogP contribution in [0.4, 0.5) is 0 Å². The third-order valence-corrected chi connectivity index (χ3v) is 5.80. The standard InChI is InChI=1S/C20H20N4O2S/c1-4-17(25)24-16(13-6-5-11(2)21-10-13)9-15(23-24)18-12(3)14-7-8-27-20(14)22-19(18)26/h5-8,10,16H,4,9H2,1-3H3,(H,22,26)/t16-/m0/s1. The Bertz CT molecular complexity index is 1110. The summed E-state index contributed by atoms with van der Waals surface area (Å²) < 4.78 is 0. The molecule has 0 aliphatic carbocycles. The first-order valence-corrected chi connectivity index (χ1v) is 9.80. The Labute approximate surface area is 160 Å². The summed E-state index contributed by atoms with van der Waals surface area (Å²) in [5.41, 5.74) is 3.80. The lowest BCUT2D eigenvalue weighted by atomic mass is 9.96. The number of pyridine rings is 2. The summed E-state index contributed by atoms with van der Waals surface area (Å²) in [6.07, 6.45) is 2.63. The predicted molar refractivity (Wildman–Crippen MR) is 107 cm³/mol. The van der Waals surface area contributed by atoms with Crippen LogP contribution in [-0.4, -0.2) is 26.6 Å². The van der Waals surface area contributed by atoms with Crippen LogP contribution in [0, 0.1) is 13.8 Å². The Balaban J connectivity index is 1.81. The Morgan fingerprint density at radius 1 is 1.33 bits per heavy atom. The van der Waals surface area contributed by atoms with Gasteiger partial charge in [-0.3, -0.25) is 14.6 Å². The summed E-state index contributed by atoms with van der Waals surface area (Å²) in [5.74, 6) is -0.0683. The van der Waals surface area contributed by atoms with Gasteiger partial charge in [-0.2, -0.15) is 5.10 Å². The van der Waals surface area contributed by atoms with Crippen molar-refractivity contribution in [2.24, 2.45) is 5.10 Å². The van der Waals surface area contributed by atoms with Gasteiger partial charge in [-0.15, -0.1) is 11.3 Å². The van der Waals surface area contributed by atoms with Gasteiger partial charge < -0.3 is 4.98 Å². The van der Waals surface area contributed by atoms with E-state index in [1.54, 1.807) is 6.20 Å². The highest BCUT2D eigenvalue weighted by molar-refractivity contribution is 7.16. The van der Waals surface area contributed by atoms with Crippen molar-refractivity contribution in [1.29, 1.82) is 0 Å². The summed E-state index contributed by atoms with van der Waals surface area (Å²) in [7, 11) is 0. The summed E-state index contributed by atoms with van der Waals surface area (Å²) in [6, 6.07) is 5.66. The minimum absolute atomic E-state index is 0.0683. The smallest absolute Gasteiger partial charge is 0.258 e. The molecule has 0 saturated carbocycles. The van der Waals surface area contributed by atoms with Gasteiger partial charge in [0.15, 0.2) is 0 Å². The lowest BCUT2D eigenvalue weighted by molar-refractivity contribution is -0.132. The molecule has 0 radical (unpaired) electrons. The molecule has 0 aromatic carbocycles. The van der Waals surface area contributed by atoms with E-state index in [1.807, 2.05) is 44.4 Å². The first kappa shape index (κ1) is 17.6. The van der Waals surface area contributed by atoms with Crippen LogP contribution < -0.4 is 5.56 Å². The van der Waals surface area contributed by atoms with E-state index in [0.717, 1.165) is 27.0 Å². The predicted octanol–water partition coefficient (Wildman–Crippen LogP) is 3.69. The number of rotatable bonds is 3. The first-order valence-electron chi connectivity index (χ1n) is 8.92. The van der Waals surface area contributed by atoms with Crippen LogP contribution in [0.3, 0.4) is 0 Å². The van der Waals surface area contributed by atoms with Crippen molar-refractivity contribution in [2.45, 2.75) is 39.7 Å². The van der Waals surface area contributed by atoms with Gasteiger partial charge in [0.05, 0.1) is 17.3 Å². The molecule has 0 unspecified atom stereocenters. The number of hydrogen-bond acceptors (Lipinski definition) is 5. The number of hydrogen-bond donors (Lipinski definition) is 1. The number of aromatic nitrogens is 2. The molecule has 1 aliphatic rings. The maximum atomic E-state index is 12.7. The molecule has 1 N–H and O–H groups in total. The normalized spacial score (nSPS) is 16.8. The lowest BCUT2D eigenvalue weighted by Gasteiger charge is -2.21. The number of amides is 1. The lowest BCUT2D eigenvalue weighted by Crippen LogP contribution is -2.26. The number of hydrazone groups is 1. The van der Waals surface area contributed by atoms with Crippen LogP contribution in [-0.2, 0) is 4.79 Å². The van der Waals surface area contributed by atoms with E-state index in [1.165, 1.54) is 16.3 Å². The number of nitrogens with zero attached hydrogens (tertiary/aromatic N) is 3. The van der Waals surface area contributed by atoms with Gasteiger partial charge in [0, 0.05) is 30.1 Å². The molecule has 27 heavy (non-hydrogen) atoms. The molecule has 7 heteroatoms. The maximum Gasteiger partial charge on any atom is 0.258 e.